The molecule has 0 heterocycles. The fourth-order valence-corrected chi connectivity index (χ4v) is 7.38. The van der Waals surface area contributed by atoms with E-state index in [-0.39, 0.29) is 0 Å². The van der Waals surface area contributed by atoms with Crippen molar-refractivity contribution < 1.29 is 61.7 Å². The molecule has 0 radical (unpaired) electrons. The molecule has 0 amide bonds. The van der Waals surface area contributed by atoms with Crippen LogP contribution in [0.5, 0.6) is 0 Å². The Morgan fingerprint density at radius 2 is 1.14 bits per heavy atom. The third-order valence-electron chi connectivity index (χ3n) is 3.30. The second kappa shape index (κ2) is 7.18. The number of rotatable bonds is 2. The maximum atomic E-state index is 5.59. The van der Waals surface area contributed by atoms with Gasteiger partial charge < -0.3 is 0 Å². The number of ether oxygens (including phenoxy) is 2. The molecule has 74 valence electrons. The first kappa shape index (κ1) is 13.9. The molecule has 0 aromatic rings. The van der Waals surface area contributed by atoms with E-state index in [1.54, 1.807) is 0 Å². The van der Waals surface area contributed by atoms with Crippen molar-refractivity contribution in [2.24, 2.45) is 0 Å². The van der Waals surface area contributed by atoms with Crippen LogP contribution in [0, 0.1) is 0 Å². The first-order chi connectivity index (χ1) is 6.69. The fourth-order valence-electron chi connectivity index (χ4n) is 2.22. The van der Waals surface area contributed by atoms with Gasteiger partial charge in [-0.2, -0.15) is 0 Å². The maximum absolute atomic E-state index is 5.59. The summed E-state index contributed by atoms with van der Waals surface area (Å²) in [4.78, 5) is 0. The number of hydrogen-bond acceptors (Lipinski definition) is 2. The van der Waals surface area contributed by atoms with E-state index in [0.29, 0.717) is 12.2 Å². The molecule has 1 aliphatic rings. The topological polar surface area (TPSA) is 18.5 Å². The third-order valence-corrected chi connectivity index (χ3v) is 10.6. The summed E-state index contributed by atoms with van der Waals surface area (Å²) in [6, 6.07) is 0. The summed E-state index contributed by atoms with van der Waals surface area (Å²) in [5.41, 5.74) is 0. The van der Waals surface area contributed by atoms with Crippen LogP contribution in [0.25, 0.3) is 0 Å². The molecule has 0 N–H and O–H groups in total. The van der Waals surface area contributed by atoms with Crippen molar-refractivity contribution in [1.29, 1.82) is 0 Å². The van der Waals surface area contributed by atoms with E-state index in [4.69, 9.17) is 9.47 Å². The van der Waals surface area contributed by atoms with E-state index in [0.717, 1.165) is 59.1 Å². The van der Waals surface area contributed by atoms with Gasteiger partial charge in [0.15, 0.2) is 0 Å². The molecule has 1 fully saturated rings. The molecule has 4 atom stereocenters. The van der Waals surface area contributed by atoms with Crippen molar-refractivity contribution in [3.05, 3.63) is 0 Å². The van der Waals surface area contributed by atoms with Crippen molar-refractivity contribution in [2.45, 2.75) is 44.7 Å². The van der Waals surface area contributed by atoms with E-state index < -0.39 is 0 Å². The Hall–Kier alpha value is 1.79. The van der Waals surface area contributed by atoms with Gasteiger partial charge in [0.1, 0.15) is 0 Å². The van der Waals surface area contributed by atoms with Crippen LogP contribution in [0.2, 0.25) is 6.85 Å². The van der Waals surface area contributed by atoms with E-state index >= 15 is 0 Å². The minimum absolute atomic E-state index is 0.571. The van der Waals surface area contributed by atoms with Crippen LogP contribution in [-0.4, -0.2) is 26.4 Å². The van der Waals surface area contributed by atoms with E-state index in [9.17, 15) is 0 Å². The zero-order valence-electron chi connectivity index (χ0n) is 9.37. The summed E-state index contributed by atoms with van der Waals surface area (Å²) in [5.74, 6) is 0. The van der Waals surface area contributed by atoms with E-state index in [1.807, 2.05) is 14.2 Å². The standard InChI is InChI=1S/C10H18O2.2Hg/c1-11-9-5-3-7-10(12-2)8-4-6-9;;/h5,8-10H,3-4,6-7H2,1-2H3;;. The molecule has 0 bridgehead atoms. The third kappa shape index (κ3) is 3.99. The molecule has 4 heteroatoms. The van der Waals surface area contributed by atoms with Gasteiger partial charge in [-0.1, -0.05) is 0 Å². The van der Waals surface area contributed by atoms with Crippen molar-refractivity contribution in [2.75, 3.05) is 14.2 Å². The molecule has 1 aliphatic carbocycles. The average Bonchev–Trinajstić information content (AvgIpc) is 2.17. The Morgan fingerprint density at radius 3 is 1.43 bits per heavy atom. The molecular formula is C10H18Hg2O2. The van der Waals surface area contributed by atoms with Crippen LogP contribution in [0.1, 0.15) is 25.7 Å². The summed E-state index contributed by atoms with van der Waals surface area (Å²) < 4.78 is 12.9. The Morgan fingerprint density at radius 1 is 0.786 bits per heavy atom. The Kier molecular flexibility index (Phi) is 7.11. The molecule has 0 aliphatic heterocycles. The van der Waals surface area contributed by atoms with E-state index in [1.165, 1.54) is 25.7 Å². The second-order valence-corrected chi connectivity index (χ2v) is 12.4. The molecule has 1 rings (SSSR count). The number of methoxy groups -OCH3 is 2. The van der Waals surface area contributed by atoms with Gasteiger partial charge in [0, 0.05) is 0 Å². The van der Waals surface area contributed by atoms with Gasteiger partial charge in [-0.05, 0) is 0 Å². The second-order valence-electron chi connectivity index (χ2n) is 4.22. The van der Waals surface area contributed by atoms with Crippen LogP contribution < -0.4 is 0 Å². The predicted molar refractivity (Wildman–Crippen MR) is 47.6 cm³/mol. The van der Waals surface area contributed by atoms with Crippen molar-refractivity contribution in [3.63, 3.8) is 0 Å². The summed E-state index contributed by atoms with van der Waals surface area (Å²) in [6.07, 6.45) is 6.38. The van der Waals surface area contributed by atoms with Crippen LogP contribution >= 0.6 is 0 Å². The summed E-state index contributed by atoms with van der Waals surface area (Å²) in [6.45, 7) is 0. The predicted octanol–water partition coefficient (Wildman–Crippen LogP) is 2.26. The molecule has 0 aromatic carbocycles. The Labute approximate surface area is 119 Å². The molecular weight excluding hydrogens is 553 g/mol. The Bertz CT molecular complexity index is 148. The molecule has 2 nitrogen and oxygen atoms in total. The normalized spacial score (nSPS) is 40.4. The van der Waals surface area contributed by atoms with Crippen molar-refractivity contribution in [1.82, 2.24) is 0 Å². The van der Waals surface area contributed by atoms with Crippen LogP contribution in [-0.2, 0) is 61.7 Å². The molecule has 0 spiro atoms. The van der Waals surface area contributed by atoms with Crippen molar-refractivity contribution in [3.8, 4) is 0 Å². The SMILES string of the molecule is COC1CC[CH]([Hg])C(OC)CC[CH]1[Hg]. The fraction of sp³-hybridized carbons (Fsp3) is 1.00. The van der Waals surface area contributed by atoms with Crippen LogP contribution in [0.15, 0.2) is 0 Å². The molecule has 4 unspecified atom stereocenters. The zero-order chi connectivity index (χ0) is 10.6. The van der Waals surface area contributed by atoms with Gasteiger partial charge in [-0.3, -0.25) is 0 Å². The quantitative estimate of drug-likeness (QED) is 0.474. The molecule has 0 saturated heterocycles. The van der Waals surface area contributed by atoms with Crippen LogP contribution in [0.3, 0.4) is 0 Å². The summed E-state index contributed by atoms with van der Waals surface area (Å²) >= 11 is 1.69. The zero-order valence-corrected chi connectivity index (χ0v) is 20.4. The van der Waals surface area contributed by atoms with Gasteiger partial charge in [0.2, 0.25) is 0 Å². The van der Waals surface area contributed by atoms with Gasteiger partial charge in [-0.15, -0.1) is 0 Å². The average molecular weight is 571 g/mol. The monoisotopic (exact) mass is 574 g/mol. The van der Waals surface area contributed by atoms with Gasteiger partial charge in [0.05, 0.1) is 0 Å². The van der Waals surface area contributed by atoms with Crippen molar-refractivity contribution >= 4 is 0 Å². The first-order valence-electron chi connectivity index (χ1n) is 5.40. The Balaban J connectivity index is 2.51. The van der Waals surface area contributed by atoms with Crippen LogP contribution in [0.4, 0.5) is 0 Å². The molecule has 0 aromatic heterocycles. The molecule has 1 saturated carbocycles. The van der Waals surface area contributed by atoms with Gasteiger partial charge in [0.25, 0.3) is 0 Å². The summed E-state index contributed by atoms with van der Waals surface area (Å²) in [7, 11) is 3.76. The van der Waals surface area contributed by atoms with E-state index in [2.05, 4.69) is 0 Å². The summed E-state index contributed by atoms with van der Waals surface area (Å²) in [5, 5.41) is 0. The van der Waals surface area contributed by atoms with Gasteiger partial charge >= 0.3 is 121 Å². The van der Waals surface area contributed by atoms with Gasteiger partial charge in [-0.25, -0.2) is 0 Å². The number of hydrogen-bond donors (Lipinski definition) is 0. The molecule has 14 heavy (non-hydrogen) atoms. The first-order valence-corrected chi connectivity index (χ1v) is 11.8. The minimum atomic E-state index is 0.571.